The van der Waals surface area contributed by atoms with Gasteiger partial charge >= 0.3 is 0 Å². The van der Waals surface area contributed by atoms with Gasteiger partial charge in [0.15, 0.2) is 5.96 Å². The van der Waals surface area contributed by atoms with Gasteiger partial charge in [0.2, 0.25) is 0 Å². The normalized spacial score (nSPS) is 11.8. The molecule has 24 heavy (non-hydrogen) atoms. The maximum Gasteiger partial charge on any atom is 0.191 e. The van der Waals surface area contributed by atoms with Gasteiger partial charge in [-0.1, -0.05) is 18.2 Å². The first-order valence-corrected chi connectivity index (χ1v) is 8.97. The number of rotatable bonds is 6. The summed E-state index contributed by atoms with van der Waals surface area (Å²) in [6.07, 6.45) is 5.09. The number of hydrogen-bond acceptors (Lipinski definition) is 3. The number of hydrogen-bond donors (Lipinski definition) is 2. The van der Waals surface area contributed by atoms with Crippen molar-refractivity contribution in [1.29, 1.82) is 0 Å². The lowest BCUT2D eigenvalue weighted by Gasteiger charge is -2.11. The molecule has 0 amide bonds. The van der Waals surface area contributed by atoms with E-state index in [2.05, 4.69) is 68.6 Å². The van der Waals surface area contributed by atoms with Crippen molar-refractivity contribution in [3.8, 4) is 0 Å². The van der Waals surface area contributed by atoms with E-state index in [0.29, 0.717) is 6.54 Å². The lowest BCUT2D eigenvalue weighted by atomic mass is 10.2. The number of fused-ring (bicyclic) bond motifs is 1. The standard InChI is InChI=1S/C18H23N5S/c1-14-12-21-17(24-14)13-22-18(19-2)20-9-5-10-23-11-8-15-6-3-4-7-16(15)23/h3-4,6-8,11-12H,5,9-10,13H2,1-2H3,(H2,19,20,22). The quantitative estimate of drug-likeness (QED) is 0.411. The Hall–Kier alpha value is -2.34. The van der Waals surface area contributed by atoms with E-state index in [4.69, 9.17) is 0 Å². The molecule has 2 heterocycles. The summed E-state index contributed by atoms with van der Waals surface area (Å²) in [5, 5.41) is 9.03. The van der Waals surface area contributed by atoms with Gasteiger partial charge in [-0.25, -0.2) is 4.98 Å². The van der Waals surface area contributed by atoms with Crippen molar-refractivity contribution in [3.05, 3.63) is 52.6 Å². The second-order valence-electron chi connectivity index (χ2n) is 5.64. The van der Waals surface area contributed by atoms with Crippen LogP contribution in [0.1, 0.15) is 16.3 Å². The van der Waals surface area contributed by atoms with E-state index in [1.165, 1.54) is 15.8 Å². The Morgan fingerprint density at radius 2 is 2.12 bits per heavy atom. The first-order valence-electron chi connectivity index (χ1n) is 8.16. The molecule has 5 nitrogen and oxygen atoms in total. The van der Waals surface area contributed by atoms with Crippen LogP contribution in [0.25, 0.3) is 10.9 Å². The summed E-state index contributed by atoms with van der Waals surface area (Å²) in [4.78, 5) is 9.84. The van der Waals surface area contributed by atoms with E-state index in [1.54, 1.807) is 18.4 Å². The molecule has 126 valence electrons. The number of aromatic nitrogens is 2. The zero-order valence-electron chi connectivity index (χ0n) is 14.1. The van der Waals surface area contributed by atoms with Crippen molar-refractivity contribution in [2.75, 3.05) is 13.6 Å². The number of nitrogens with one attached hydrogen (secondary N) is 2. The predicted molar refractivity (Wildman–Crippen MR) is 102 cm³/mol. The molecule has 0 saturated carbocycles. The van der Waals surface area contributed by atoms with Gasteiger partial charge in [0.25, 0.3) is 0 Å². The fourth-order valence-electron chi connectivity index (χ4n) is 2.65. The van der Waals surface area contributed by atoms with E-state index >= 15 is 0 Å². The van der Waals surface area contributed by atoms with Crippen LogP contribution in [0.4, 0.5) is 0 Å². The molecule has 0 bridgehead atoms. The fourth-order valence-corrected chi connectivity index (χ4v) is 3.38. The Morgan fingerprint density at radius 1 is 1.25 bits per heavy atom. The highest BCUT2D eigenvalue weighted by atomic mass is 32.1. The van der Waals surface area contributed by atoms with Gasteiger partial charge in [0, 0.05) is 42.9 Å². The topological polar surface area (TPSA) is 54.2 Å². The maximum absolute atomic E-state index is 4.35. The number of guanidine groups is 1. The van der Waals surface area contributed by atoms with Crippen molar-refractivity contribution in [3.63, 3.8) is 0 Å². The van der Waals surface area contributed by atoms with Gasteiger partial charge in [-0.15, -0.1) is 11.3 Å². The first-order chi connectivity index (χ1) is 11.8. The van der Waals surface area contributed by atoms with Gasteiger partial charge in [-0.3, -0.25) is 4.99 Å². The average Bonchev–Trinajstić information content (AvgIpc) is 3.20. The van der Waals surface area contributed by atoms with Crippen LogP contribution in [0.5, 0.6) is 0 Å². The molecular formula is C18H23N5S. The minimum Gasteiger partial charge on any atom is -0.356 e. The minimum absolute atomic E-state index is 0.709. The Kier molecular flexibility index (Phi) is 5.48. The molecular weight excluding hydrogens is 318 g/mol. The third kappa shape index (κ3) is 4.14. The number of thiazole rings is 1. The molecule has 2 N–H and O–H groups in total. The third-order valence-corrected chi connectivity index (χ3v) is 4.76. The summed E-state index contributed by atoms with van der Waals surface area (Å²) in [6, 6.07) is 10.6. The number of aryl methyl sites for hydroxylation is 2. The van der Waals surface area contributed by atoms with Crippen molar-refractivity contribution < 1.29 is 0 Å². The molecule has 1 aromatic carbocycles. The molecule has 0 saturated heterocycles. The van der Waals surface area contributed by atoms with Crippen LogP contribution in [0.3, 0.4) is 0 Å². The molecule has 2 aromatic heterocycles. The average molecular weight is 341 g/mol. The second kappa shape index (κ2) is 7.97. The van der Waals surface area contributed by atoms with Gasteiger partial charge in [-0.2, -0.15) is 0 Å². The van der Waals surface area contributed by atoms with Crippen LogP contribution in [-0.4, -0.2) is 29.1 Å². The van der Waals surface area contributed by atoms with Crippen molar-refractivity contribution in [1.82, 2.24) is 20.2 Å². The largest absolute Gasteiger partial charge is 0.356 e. The Balaban J connectivity index is 1.43. The first kappa shape index (κ1) is 16.5. The van der Waals surface area contributed by atoms with Crippen molar-refractivity contribution in [2.45, 2.75) is 26.4 Å². The molecule has 0 unspecified atom stereocenters. The second-order valence-corrected chi connectivity index (χ2v) is 6.96. The van der Waals surface area contributed by atoms with E-state index in [1.807, 2.05) is 6.20 Å². The highest BCUT2D eigenvalue weighted by Crippen LogP contribution is 2.15. The molecule has 0 fully saturated rings. The van der Waals surface area contributed by atoms with Crippen molar-refractivity contribution >= 4 is 28.2 Å². The minimum atomic E-state index is 0.709. The fraction of sp³-hybridized carbons (Fsp3) is 0.333. The van der Waals surface area contributed by atoms with E-state index in [0.717, 1.165) is 30.5 Å². The highest BCUT2D eigenvalue weighted by molar-refractivity contribution is 7.11. The van der Waals surface area contributed by atoms with Gasteiger partial charge in [-0.05, 0) is 30.9 Å². The van der Waals surface area contributed by atoms with Crippen LogP contribution >= 0.6 is 11.3 Å². The van der Waals surface area contributed by atoms with Crippen molar-refractivity contribution in [2.24, 2.45) is 4.99 Å². The van der Waals surface area contributed by atoms with Crippen LogP contribution in [0, 0.1) is 6.92 Å². The lowest BCUT2D eigenvalue weighted by Crippen LogP contribution is -2.37. The van der Waals surface area contributed by atoms with E-state index in [9.17, 15) is 0 Å². The van der Waals surface area contributed by atoms with Gasteiger partial charge in [0.1, 0.15) is 5.01 Å². The van der Waals surface area contributed by atoms with Gasteiger partial charge in [0.05, 0.1) is 6.54 Å². The molecule has 0 atom stereocenters. The summed E-state index contributed by atoms with van der Waals surface area (Å²) >= 11 is 1.71. The van der Waals surface area contributed by atoms with Crippen LogP contribution in [0.2, 0.25) is 0 Å². The highest BCUT2D eigenvalue weighted by Gasteiger charge is 2.02. The molecule has 0 aliphatic heterocycles. The Labute approximate surface area is 146 Å². The monoisotopic (exact) mass is 341 g/mol. The molecule has 0 radical (unpaired) electrons. The molecule has 0 spiro atoms. The van der Waals surface area contributed by atoms with Crippen LogP contribution in [-0.2, 0) is 13.1 Å². The molecule has 6 heteroatoms. The molecule has 3 rings (SSSR count). The van der Waals surface area contributed by atoms with Crippen LogP contribution in [0.15, 0.2) is 47.7 Å². The van der Waals surface area contributed by atoms with Gasteiger partial charge < -0.3 is 15.2 Å². The smallest absolute Gasteiger partial charge is 0.191 e. The van der Waals surface area contributed by atoms with E-state index < -0.39 is 0 Å². The third-order valence-electron chi connectivity index (χ3n) is 3.85. The molecule has 0 aliphatic rings. The Morgan fingerprint density at radius 3 is 2.92 bits per heavy atom. The SMILES string of the molecule is CN=C(NCCCn1ccc2ccccc21)NCc1ncc(C)s1. The molecule has 0 aliphatic carbocycles. The summed E-state index contributed by atoms with van der Waals surface area (Å²) < 4.78 is 2.30. The molecule has 3 aromatic rings. The number of aliphatic imine (C=N–C) groups is 1. The lowest BCUT2D eigenvalue weighted by molar-refractivity contribution is 0.640. The summed E-state index contributed by atoms with van der Waals surface area (Å²) in [7, 11) is 1.79. The maximum atomic E-state index is 4.35. The number of nitrogens with zero attached hydrogens (tertiary/aromatic N) is 3. The number of benzene rings is 1. The van der Waals surface area contributed by atoms with Crippen LogP contribution < -0.4 is 10.6 Å². The Bertz CT molecular complexity index is 818. The number of para-hydroxylation sites is 1. The zero-order chi connectivity index (χ0) is 16.8. The summed E-state index contributed by atoms with van der Waals surface area (Å²) in [6.45, 7) is 4.64. The predicted octanol–water partition coefficient (Wildman–Crippen LogP) is 3.16. The zero-order valence-corrected chi connectivity index (χ0v) is 14.9. The van der Waals surface area contributed by atoms with E-state index in [-0.39, 0.29) is 0 Å². The summed E-state index contributed by atoms with van der Waals surface area (Å²) in [5.74, 6) is 0.820. The summed E-state index contributed by atoms with van der Waals surface area (Å²) in [5.41, 5.74) is 1.29.